The van der Waals surface area contributed by atoms with Gasteiger partial charge in [0, 0.05) is 18.9 Å². The van der Waals surface area contributed by atoms with Crippen molar-refractivity contribution in [2.24, 2.45) is 0 Å². The van der Waals surface area contributed by atoms with E-state index in [1.165, 1.54) is 0 Å². The zero-order valence-corrected chi connectivity index (χ0v) is 12.5. The fourth-order valence-electron chi connectivity index (χ4n) is 2.24. The van der Waals surface area contributed by atoms with Gasteiger partial charge in [-0.1, -0.05) is 0 Å². The highest BCUT2D eigenvalue weighted by Gasteiger charge is 2.22. The number of hydrogen-bond donors (Lipinski definition) is 2. The molecule has 0 aliphatic carbocycles. The van der Waals surface area contributed by atoms with E-state index in [1.807, 2.05) is 0 Å². The molecular weight excluding hydrogens is 272 g/mol. The lowest BCUT2D eigenvalue weighted by atomic mass is 10.2. The molecule has 1 aliphatic heterocycles. The van der Waals surface area contributed by atoms with Gasteiger partial charge in [-0.15, -0.1) is 0 Å². The van der Waals surface area contributed by atoms with Crippen LogP contribution in [0.3, 0.4) is 0 Å². The van der Waals surface area contributed by atoms with E-state index in [0.29, 0.717) is 30.4 Å². The summed E-state index contributed by atoms with van der Waals surface area (Å²) in [5.74, 6) is 1.20. The maximum Gasteiger partial charge on any atom is 0.241 e. The number of hydrogen-bond acceptors (Lipinski definition) is 5. The first-order valence-corrected chi connectivity index (χ1v) is 7.08. The third-order valence-corrected chi connectivity index (χ3v) is 3.35. The number of carbonyl (C=O) groups excluding carboxylic acids is 1. The molecule has 1 saturated heterocycles. The van der Waals surface area contributed by atoms with Crippen LogP contribution in [0.25, 0.3) is 0 Å². The van der Waals surface area contributed by atoms with Crippen LogP contribution < -0.4 is 20.1 Å². The fraction of sp³-hybridized carbons (Fsp3) is 0.533. The number of methoxy groups -OCH3 is 2. The largest absolute Gasteiger partial charge is 0.493 e. The van der Waals surface area contributed by atoms with Crippen molar-refractivity contribution in [1.82, 2.24) is 5.32 Å². The maximum atomic E-state index is 12.1. The average molecular weight is 294 g/mol. The predicted octanol–water partition coefficient (Wildman–Crippen LogP) is 1.41. The van der Waals surface area contributed by atoms with E-state index in [9.17, 15) is 4.79 Å². The Balaban J connectivity index is 2.01. The van der Waals surface area contributed by atoms with Crippen molar-refractivity contribution < 1.29 is 19.0 Å². The van der Waals surface area contributed by atoms with Crippen LogP contribution in [0.4, 0.5) is 5.69 Å². The van der Waals surface area contributed by atoms with Crippen LogP contribution in [0.1, 0.15) is 12.8 Å². The van der Waals surface area contributed by atoms with Crippen LogP contribution in [0.2, 0.25) is 0 Å². The first kappa shape index (κ1) is 15.6. The molecule has 0 saturated carbocycles. The fourth-order valence-corrected chi connectivity index (χ4v) is 2.24. The molecule has 1 aromatic carbocycles. The van der Waals surface area contributed by atoms with Crippen LogP contribution in [0, 0.1) is 0 Å². The number of ether oxygens (including phenoxy) is 3. The first-order chi connectivity index (χ1) is 10.2. The molecule has 0 radical (unpaired) electrons. The molecule has 21 heavy (non-hydrogen) atoms. The summed E-state index contributed by atoms with van der Waals surface area (Å²) in [5, 5.41) is 6.07. The number of anilines is 1. The molecule has 0 aromatic heterocycles. The molecule has 1 amide bonds. The van der Waals surface area contributed by atoms with Gasteiger partial charge < -0.3 is 24.8 Å². The normalized spacial score (nSPS) is 17.5. The van der Waals surface area contributed by atoms with E-state index in [0.717, 1.165) is 19.4 Å². The Morgan fingerprint density at radius 1 is 1.33 bits per heavy atom. The minimum absolute atomic E-state index is 0.0134. The quantitative estimate of drug-likeness (QED) is 0.744. The minimum Gasteiger partial charge on any atom is -0.493 e. The molecule has 2 rings (SSSR count). The summed E-state index contributed by atoms with van der Waals surface area (Å²) in [7, 11) is 3.20. The molecule has 2 N–H and O–H groups in total. The molecule has 116 valence electrons. The monoisotopic (exact) mass is 294 g/mol. The summed E-state index contributed by atoms with van der Waals surface area (Å²) in [5.41, 5.74) is 0.696. The van der Waals surface area contributed by atoms with Crippen LogP contribution in [0.5, 0.6) is 11.5 Å². The smallest absolute Gasteiger partial charge is 0.241 e. The molecule has 0 bridgehead atoms. The highest BCUT2D eigenvalue weighted by Crippen LogP contribution is 2.30. The molecule has 1 atom stereocenters. The molecule has 1 heterocycles. The maximum absolute atomic E-state index is 12.1. The summed E-state index contributed by atoms with van der Waals surface area (Å²) >= 11 is 0. The van der Waals surface area contributed by atoms with Crippen LogP contribution in [-0.4, -0.2) is 45.9 Å². The molecule has 1 unspecified atom stereocenters. The van der Waals surface area contributed by atoms with Crippen LogP contribution in [0.15, 0.2) is 18.2 Å². The summed E-state index contributed by atoms with van der Waals surface area (Å²) < 4.78 is 15.8. The molecule has 6 nitrogen and oxygen atoms in total. The third kappa shape index (κ3) is 4.34. The highest BCUT2D eigenvalue weighted by molar-refractivity contribution is 5.95. The Labute approximate surface area is 124 Å². The Bertz CT molecular complexity index is 473. The van der Waals surface area contributed by atoms with Crippen molar-refractivity contribution in [3.05, 3.63) is 18.2 Å². The predicted molar refractivity (Wildman–Crippen MR) is 80.0 cm³/mol. The molecule has 0 spiro atoms. The zero-order chi connectivity index (χ0) is 15.1. The lowest BCUT2D eigenvalue weighted by Gasteiger charge is -2.14. The number of benzene rings is 1. The van der Waals surface area contributed by atoms with Gasteiger partial charge in [0.2, 0.25) is 5.91 Å². The molecule has 1 aliphatic rings. The lowest BCUT2D eigenvalue weighted by Crippen LogP contribution is -2.35. The second-order valence-corrected chi connectivity index (χ2v) is 4.85. The standard InChI is InChI=1S/C15H22N2O4/c1-19-8-9-21-14-10-11(5-6-13(14)20-2)17-15(18)12-4-3-7-16-12/h5-6,10,12,16H,3-4,7-9H2,1-2H3,(H,17,18). The topological polar surface area (TPSA) is 68.8 Å². The Morgan fingerprint density at radius 3 is 2.86 bits per heavy atom. The number of rotatable bonds is 7. The van der Waals surface area contributed by atoms with Gasteiger partial charge in [-0.25, -0.2) is 0 Å². The van der Waals surface area contributed by atoms with Crippen molar-refractivity contribution in [3.63, 3.8) is 0 Å². The van der Waals surface area contributed by atoms with Gasteiger partial charge >= 0.3 is 0 Å². The van der Waals surface area contributed by atoms with Gasteiger partial charge in [0.25, 0.3) is 0 Å². The summed E-state index contributed by atoms with van der Waals surface area (Å²) in [6.45, 7) is 1.81. The number of amides is 1. The van der Waals surface area contributed by atoms with E-state index in [-0.39, 0.29) is 11.9 Å². The van der Waals surface area contributed by atoms with Gasteiger partial charge in [0.15, 0.2) is 11.5 Å². The number of nitrogens with one attached hydrogen (secondary N) is 2. The zero-order valence-electron chi connectivity index (χ0n) is 12.5. The third-order valence-electron chi connectivity index (χ3n) is 3.35. The molecule has 1 fully saturated rings. The Kier molecular flexibility index (Phi) is 5.83. The van der Waals surface area contributed by atoms with Crippen molar-refractivity contribution in [3.8, 4) is 11.5 Å². The summed E-state index contributed by atoms with van der Waals surface area (Å²) in [6, 6.07) is 5.24. The van der Waals surface area contributed by atoms with Gasteiger partial charge in [-0.3, -0.25) is 4.79 Å². The van der Waals surface area contributed by atoms with Crippen molar-refractivity contribution in [2.45, 2.75) is 18.9 Å². The minimum atomic E-state index is -0.107. The van der Waals surface area contributed by atoms with Crippen molar-refractivity contribution >= 4 is 11.6 Å². The van der Waals surface area contributed by atoms with Crippen molar-refractivity contribution in [1.29, 1.82) is 0 Å². The van der Waals surface area contributed by atoms with Crippen LogP contribution >= 0.6 is 0 Å². The van der Waals surface area contributed by atoms with E-state index in [4.69, 9.17) is 14.2 Å². The summed E-state index contributed by atoms with van der Waals surface area (Å²) in [4.78, 5) is 12.1. The Morgan fingerprint density at radius 2 is 2.19 bits per heavy atom. The van der Waals surface area contributed by atoms with Crippen molar-refractivity contribution in [2.75, 3.05) is 39.3 Å². The van der Waals surface area contributed by atoms with Gasteiger partial charge in [-0.05, 0) is 31.5 Å². The molecule has 6 heteroatoms. The van der Waals surface area contributed by atoms with E-state index < -0.39 is 0 Å². The number of carbonyl (C=O) groups is 1. The second-order valence-electron chi connectivity index (χ2n) is 4.85. The average Bonchev–Trinajstić information content (AvgIpc) is 3.02. The SMILES string of the molecule is COCCOc1cc(NC(=O)C2CCCN2)ccc1OC. The van der Waals surface area contributed by atoms with Gasteiger partial charge in [0.1, 0.15) is 6.61 Å². The lowest BCUT2D eigenvalue weighted by molar-refractivity contribution is -0.117. The Hall–Kier alpha value is -1.79. The van der Waals surface area contributed by atoms with Gasteiger partial charge in [-0.2, -0.15) is 0 Å². The van der Waals surface area contributed by atoms with Gasteiger partial charge in [0.05, 0.1) is 19.8 Å². The highest BCUT2D eigenvalue weighted by atomic mass is 16.5. The molecular formula is C15H22N2O4. The van der Waals surface area contributed by atoms with E-state index >= 15 is 0 Å². The molecule has 1 aromatic rings. The van der Waals surface area contributed by atoms with E-state index in [2.05, 4.69) is 10.6 Å². The second kappa shape index (κ2) is 7.85. The summed E-state index contributed by atoms with van der Waals surface area (Å²) in [6.07, 6.45) is 1.91. The first-order valence-electron chi connectivity index (χ1n) is 7.08. The van der Waals surface area contributed by atoms with E-state index in [1.54, 1.807) is 32.4 Å². The van der Waals surface area contributed by atoms with Crippen LogP contribution in [-0.2, 0) is 9.53 Å².